The van der Waals surface area contributed by atoms with Crippen LogP contribution in [0.25, 0.3) is 0 Å². The molecule has 0 aliphatic rings. The Labute approximate surface area is 111 Å². The molecule has 0 radical (unpaired) electrons. The molecule has 0 saturated heterocycles. The molecule has 0 saturated carbocycles. The Kier molecular flexibility index (Phi) is 3.61. The van der Waals surface area contributed by atoms with Crippen LogP contribution < -0.4 is 0 Å². The summed E-state index contributed by atoms with van der Waals surface area (Å²) in [6, 6.07) is 4.74. The van der Waals surface area contributed by atoms with Gasteiger partial charge in [-0.25, -0.2) is 4.79 Å². The van der Waals surface area contributed by atoms with Crippen molar-refractivity contribution in [2.24, 2.45) is 0 Å². The van der Waals surface area contributed by atoms with Gasteiger partial charge in [-0.05, 0) is 35.1 Å². The van der Waals surface area contributed by atoms with Crippen molar-refractivity contribution < 1.29 is 23.1 Å². The average molecular weight is 286 g/mol. The zero-order valence-electron chi connectivity index (χ0n) is 9.57. The lowest BCUT2D eigenvalue weighted by atomic mass is 10.0. The molecule has 0 fully saturated rings. The number of rotatable bonds is 3. The van der Waals surface area contributed by atoms with E-state index in [1.807, 2.05) is 0 Å². The van der Waals surface area contributed by atoms with Gasteiger partial charge in [0.15, 0.2) is 0 Å². The van der Waals surface area contributed by atoms with Crippen LogP contribution in [0.3, 0.4) is 0 Å². The second kappa shape index (κ2) is 5.05. The average Bonchev–Trinajstić information content (AvgIpc) is 2.77. The number of thiophene rings is 1. The van der Waals surface area contributed by atoms with Gasteiger partial charge in [-0.3, -0.25) is 0 Å². The summed E-state index contributed by atoms with van der Waals surface area (Å²) < 4.78 is 37.2. The van der Waals surface area contributed by atoms with Crippen LogP contribution in [0.5, 0.6) is 0 Å². The quantitative estimate of drug-likeness (QED) is 0.924. The summed E-state index contributed by atoms with van der Waals surface area (Å²) in [6.45, 7) is 0. The van der Waals surface area contributed by atoms with E-state index >= 15 is 0 Å². The van der Waals surface area contributed by atoms with Crippen molar-refractivity contribution in [3.63, 3.8) is 0 Å². The van der Waals surface area contributed by atoms with Gasteiger partial charge in [0.1, 0.15) is 0 Å². The SMILES string of the molecule is O=C(O)c1cscc1Cc1ccc(C(F)(F)F)cc1. The van der Waals surface area contributed by atoms with Crippen LogP contribution in [0.2, 0.25) is 0 Å². The molecule has 0 bridgehead atoms. The lowest BCUT2D eigenvalue weighted by Gasteiger charge is -2.07. The van der Waals surface area contributed by atoms with E-state index < -0.39 is 17.7 Å². The highest BCUT2D eigenvalue weighted by molar-refractivity contribution is 7.08. The summed E-state index contributed by atoms with van der Waals surface area (Å²) in [7, 11) is 0. The minimum Gasteiger partial charge on any atom is -0.478 e. The monoisotopic (exact) mass is 286 g/mol. The lowest BCUT2D eigenvalue weighted by molar-refractivity contribution is -0.137. The van der Waals surface area contributed by atoms with Crippen LogP contribution in [0.1, 0.15) is 27.0 Å². The maximum Gasteiger partial charge on any atom is 0.416 e. The molecule has 0 aliphatic carbocycles. The number of alkyl halides is 3. The van der Waals surface area contributed by atoms with E-state index in [-0.39, 0.29) is 5.56 Å². The third kappa shape index (κ3) is 3.14. The zero-order valence-corrected chi connectivity index (χ0v) is 10.4. The second-order valence-electron chi connectivity index (χ2n) is 3.99. The number of hydrogen-bond donors (Lipinski definition) is 1. The Hall–Kier alpha value is -1.82. The fourth-order valence-corrected chi connectivity index (χ4v) is 2.51. The molecule has 0 unspecified atom stereocenters. The molecule has 1 heterocycles. The van der Waals surface area contributed by atoms with Crippen molar-refractivity contribution in [2.45, 2.75) is 12.6 Å². The van der Waals surface area contributed by atoms with Gasteiger partial charge in [0.05, 0.1) is 11.1 Å². The Morgan fingerprint density at radius 1 is 1.16 bits per heavy atom. The van der Waals surface area contributed by atoms with Crippen molar-refractivity contribution in [3.05, 3.63) is 57.3 Å². The first-order valence-corrected chi connectivity index (χ1v) is 6.26. The summed E-state index contributed by atoms with van der Waals surface area (Å²) in [6.07, 6.45) is -4.05. The van der Waals surface area contributed by atoms with Crippen molar-refractivity contribution in [3.8, 4) is 0 Å². The molecule has 0 aliphatic heterocycles. The summed E-state index contributed by atoms with van der Waals surface area (Å²) in [4.78, 5) is 10.9. The molecule has 2 nitrogen and oxygen atoms in total. The number of carboxylic acid groups (broad SMARTS) is 1. The molecule has 100 valence electrons. The first-order chi connectivity index (χ1) is 8.88. The molecule has 1 aromatic carbocycles. The van der Waals surface area contributed by atoms with Crippen LogP contribution in [0.15, 0.2) is 35.0 Å². The molecule has 19 heavy (non-hydrogen) atoms. The normalized spacial score (nSPS) is 11.5. The maximum atomic E-state index is 12.4. The van der Waals surface area contributed by atoms with Gasteiger partial charge in [-0.1, -0.05) is 12.1 Å². The standard InChI is InChI=1S/C13H9F3O2S/c14-13(15,16)10-3-1-8(2-4-10)5-9-6-19-7-11(9)12(17)18/h1-4,6-7H,5H2,(H,17,18). The fraction of sp³-hybridized carbons (Fsp3) is 0.154. The van der Waals surface area contributed by atoms with Crippen LogP contribution in [-0.2, 0) is 12.6 Å². The number of aromatic carboxylic acids is 1. The lowest BCUT2D eigenvalue weighted by Crippen LogP contribution is -2.05. The predicted octanol–water partition coefficient (Wildman–Crippen LogP) is 4.06. The Balaban J connectivity index is 2.20. The smallest absolute Gasteiger partial charge is 0.416 e. The molecular weight excluding hydrogens is 277 g/mol. The van der Waals surface area contributed by atoms with Gasteiger partial charge < -0.3 is 5.11 Å². The number of carbonyl (C=O) groups is 1. The molecule has 0 amide bonds. The van der Waals surface area contributed by atoms with Gasteiger partial charge in [-0.2, -0.15) is 24.5 Å². The summed E-state index contributed by atoms with van der Waals surface area (Å²) in [5.74, 6) is -1.02. The molecule has 0 spiro atoms. The van der Waals surface area contributed by atoms with Crippen molar-refractivity contribution in [1.29, 1.82) is 0 Å². The summed E-state index contributed by atoms with van der Waals surface area (Å²) >= 11 is 1.26. The number of benzene rings is 1. The van der Waals surface area contributed by atoms with Crippen LogP contribution in [0, 0.1) is 0 Å². The molecule has 1 N–H and O–H groups in total. The third-order valence-electron chi connectivity index (χ3n) is 2.65. The Morgan fingerprint density at radius 3 is 2.32 bits per heavy atom. The molecule has 2 rings (SSSR count). The largest absolute Gasteiger partial charge is 0.478 e. The van der Waals surface area contributed by atoms with E-state index in [2.05, 4.69) is 0 Å². The highest BCUT2D eigenvalue weighted by atomic mass is 32.1. The van der Waals surface area contributed by atoms with E-state index in [0.717, 1.165) is 12.1 Å². The minimum atomic E-state index is -4.35. The first kappa shape index (κ1) is 13.6. The van der Waals surface area contributed by atoms with Gasteiger partial charge in [-0.15, -0.1) is 0 Å². The Morgan fingerprint density at radius 2 is 1.79 bits per heavy atom. The van der Waals surface area contributed by atoms with E-state index in [1.165, 1.54) is 28.8 Å². The first-order valence-electron chi connectivity index (χ1n) is 5.32. The molecule has 2 aromatic rings. The van der Waals surface area contributed by atoms with E-state index in [9.17, 15) is 18.0 Å². The highest BCUT2D eigenvalue weighted by Gasteiger charge is 2.29. The van der Waals surface area contributed by atoms with Gasteiger partial charge in [0, 0.05) is 5.38 Å². The van der Waals surface area contributed by atoms with E-state index in [4.69, 9.17) is 5.11 Å². The van der Waals surface area contributed by atoms with Gasteiger partial charge in [0.25, 0.3) is 0 Å². The molecule has 6 heteroatoms. The summed E-state index contributed by atoms with van der Waals surface area (Å²) in [5.41, 5.74) is 0.746. The zero-order chi connectivity index (χ0) is 14.0. The van der Waals surface area contributed by atoms with Crippen LogP contribution in [0.4, 0.5) is 13.2 Å². The minimum absolute atomic E-state index is 0.199. The second-order valence-corrected chi connectivity index (χ2v) is 4.73. The number of hydrogen-bond acceptors (Lipinski definition) is 2. The van der Waals surface area contributed by atoms with Gasteiger partial charge in [0.2, 0.25) is 0 Å². The maximum absolute atomic E-state index is 12.4. The van der Waals surface area contributed by atoms with Crippen molar-refractivity contribution >= 4 is 17.3 Å². The van der Waals surface area contributed by atoms with Crippen LogP contribution in [-0.4, -0.2) is 11.1 Å². The molecule has 1 aromatic heterocycles. The number of halogens is 3. The van der Waals surface area contributed by atoms with Crippen molar-refractivity contribution in [1.82, 2.24) is 0 Å². The predicted molar refractivity (Wildman–Crippen MR) is 65.5 cm³/mol. The number of carboxylic acids is 1. The topological polar surface area (TPSA) is 37.3 Å². The van der Waals surface area contributed by atoms with Crippen LogP contribution >= 0.6 is 11.3 Å². The fourth-order valence-electron chi connectivity index (χ4n) is 1.68. The summed E-state index contributed by atoms with van der Waals surface area (Å²) in [5, 5.41) is 12.2. The van der Waals surface area contributed by atoms with Crippen molar-refractivity contribution in [2.75, 3.05) is 0 Å². The van der Waals surface area contributed by atoms with E-state index in [0.29, 0.717) is 17.5 Å². The third-order valence-corrected chi connectivity index (χ3v) is 3.44. The van der Waals surface area contributed by atoms with Gasteiger partial charge >= 0.3 is 12.1 Å². The molecule has 0 atom stereocenters. The van der Waals surface area contributed by atoms with E-state index in [1.54, 1.807) is 5.38 Å². The highest BCUT2D eigenvalue weighted by Crippen LogP contribution is 2.29. The Bertz CT molecular complexity index is 585. The molecular formula is C13H9F3O2S.